The molecule has 1 aliphatic rings. The molecule has 13 heteroatoms. The number of benzene rings is 1. The van der Waals surface area contributed by atoms with E-state index in [1.54, 1.807) is 30.0 Å². The zero-order chi connectivity index (χ0) is 23.1. The van der Waals surface area contributed by atoms with Crippen LogP contribution in [0.5, 0.6) is 5.75 Å². The fraction of sp³-hybridized carbons (Fsp3) is 0.421. The highest BCUT2D eigenvalue weighted by molar-refractivity contribution is 7.89. The number of rotatable bonds is 5. The molecule has 1 aromatic carbocycles. The van der Waals surface area contributed by atoms with Gasteiger partial charge in [0.2, 0.25) is 10.0 Å². The van der Waals surface area contributed by atoms with E-state index in [1.807, 2.05) is 6.92 Å². The molecule has 0 radical (unpaired) electrons. The van der Waals surface area contributed by atoms with Crippen LogP contribution in [0, 0.1) is 6.92 Å². The molecular formula is C19H21F3N6O3S. The molecule has 3 heterocycles. The molecule has 0 bridgehead atoms. The van der Waals surface area contributed by atoms with E-state index in [0.29, 0.717) is 23.9 Å². The summed E-state index contributed by atoms with van der Waals surface area (Å²) in [4.78, 5) is 9.45. The first-order valence-electron chi connectivity index (χ1n) is 9.89. The Morgan fingerprint density at radius 1 is 1.06 bits per heavy atom. The van der Waals surface area contributed by atoms with Gasteiger partial charge < -0.3 is 9.64 Å². The topological polar surface area (TPSA) is 92.9 Å². The normalized spacial score (nSPS) is 16.0. The average Bonchev–Trinajstić information content (AvgIpc) is 3.18. The van der Waals surface area contributed by atoms with Crippen molar-refractivity contribution in [3.63, 3.8) is 0 Å². The zero-order valence-corrected chi connectivity index (χ0v) is 18.2. The van der Waals surface area contributed by atoms with Gasteiger partial charge in [-0.15, -0.1) is 5.10 Å². The fourth-order valence-electron chi connectivity index (χ4n) is 3.49. The lowest BCUT2D eigenvalue weighted by atomic mass is 10.3. The van der Waals surface area contributed by atoms with Crippen LogP contribution in [0.4, 0.5) is 19.0 Å². The predicted molar refractivity (Wildman–Crippen MR) is 109 cm³/mol. The van der Waals surface area contributed by atoms with Crippen LogP contribution in [0.3, 0.4) is 0 Å². The third kappa shape index (κ3) is 4.21. The molecule has 0 unspecified atom stereocenters. The number of fused-ring (bicyclic) bond motifs is 1. The van der Waals surface area contributed by atoms with Gasteiger partial charge in [0.05, 0.1) is 11.5 Å². The van der Waals surface area contributed by atoms with E-state index in [9.17, 15) is 21.6 Å². The van der Waals surface area contributed by atoms with Crippen molar-refractivity contribution in [3.8, 4) is 5.75 Å². The number of aryl methyl sites for hydroxylation is 1. The van der Waals surface area contributed by atoms with Gasteiger partial charge in [-0.3, -0.25) is 0 Å². The second-order valence-electron chi connectivity index (χ2n) is 7.20. The summed E-state index contributed by atoms with van der Waals surface area (Å²) in [5, 5.41) is 3.57. The number of aromatic nitrogens is 4. The van der Waals surface area contributed by atoms with Crippen molar-refractivity contribution < 1.29 is 26.3 Å². The van der Waals surface area contributed by atoms with Gasteiger partial charge in [0.1, 0.15) is 11.6 Å². The Morgan fingerprint density at radius 2 is 1.72 bits per heavy atom. The fourth-order valence-corrected chi connectivity index (χ4v) is 4.92. The summed E-state index contributed by atoms with van der Waals surface area (Å²) in [6.45, 7) is 4.85. The van der Waals surface area contributed by atoms with Crippen LogP contribution in [-0.2, 0) is 16.2 Å². The Bertz CT molecular complexity index is 1220. The number of piperazine rings is 1. The van der Waals surface area contributed by atoms with Crippen molar-refractivity contribution in [3.05, 3.63) is 41.9 Å². The highest BCUT2D eigenvalue weighted by Crippen LogP contribution is 2.28. The van der Waals surface area contributed by atoms with E-state index in [4.69, 9.17) is 4.74 Å². The van der Waals surface area contributed by atoms with Gasteiger partial charge in [0, 0.05) is 37.9 Å². The van der Waals surface area contributed by atoms with Crippen molar-refractivity contribution >= 4 is 21.6 Å². The second kappa shape index (κ2) is 8.20. The van der Waals surface area contributed by atoms with E-state index >= 15 is 0 Å². The van der Waals surface area contributed by atoms with Crippen LogP contribution in [-0.4, -0.2) is 65.1 Å². The molecule has 0 N–H and O–H groups in total. The van der Waals surface area contributed by atoms with Crippen molar-refractivity contribution in [2.24, 2.45) is 0 Å². The number of halogens is 3. The van der Waals surface area contributed by atoms with Crippen molar-refractivity contribution in [2.75, 3.05) is 37.7 Å². The Hall–Kier alpha value is -2.93. The third-order valence-electron chi connectivity index (χ3n) is 5.01. The van der Waals surface area contributed by atoms with Gasteiger partial charge in [-0.25, -0.2) is 13.4 Å². The maximum absolute atomic E-state index is 13.1. The molecule has 0 saturated carbocycles. The molecule has 2 aromatic heterocycles. The minimum Gasteiger partial charge on any atom is -0.494 e. The smallest absolute Gasteiger partial charge is 0.453 e. The summed E-state index contributed by atoms with van der Waals surface area (Å²) in [6.07, 6.45) is -4.69. The van der Waals surface area contributed by atoms with Crippen LogP contribution >= 0.6 is 0 Å². The lowest BCUT2D eigenvalue weighted by molar-refractivity contribution is -0.144. The van der Waals surface area contributed by atoms with Crippen LogP contribution in [0.2, 0.25) is 0 Å². The summed E-state index contributed by atoms with van der Waals surface area (Å²) in [5.74, 6) is -0.460. The number of nitrogens with zero attached hydrogens (tertiary/aromatic N) is 6. The predicted octanol–water partition coefficient (Wildman–Crippen LogP) is 2.36. The minimum absolute atomic E-state index is 0.155. The lowest BCUT2D eigenvalue weighted by Crippen LogP contribution is -2.49. The van der Waals surface area contributed by atoms with E-state index in [0.717, 1.165) is 4.52 Å². The van der Waals surface area contributed by atoms with Gasteiger partial charge in [-0.2, -0.15) is 27.0 Å². The summed E-state index contributed by atoms with van der Waals surface area (Å²) < 4.78 is 72.9. The molecule has 1 aliphatic heterocycles. The lowest BCUT2D eigenvalue weighted by Gasteiger charge is -2.35. The van der Waals surface area contributed by atoms with E-state index in [-0.39, 0.29) is 36.9 Å². The number of sulfonamides is 1. The Morgan fingerprint density at radius 3 is 2.31 bits per heavy atom. The second-order valence-corrected chi connectivity index (χ2v) is 9.13. The maximum Gasteiger partial charge on any atom is 0.453 e. The van der Waals surface area contributed by atoms with E-state index in [2.05, 4.69) is 15.1 Å². The maximum atomic E-state index is 13.1. The van der Waals surface area contributed by atoms with Gasteiger partial charge in [-0.05, 0) is 38.1 Å². The molecule has 0 atom stereocenters. The minimum atomic E-state index is -4.69. The summed E-state index contributed by atoms with van der Waals surface area (Å²) >= 11 is 0. The van der Waals surface area contributed by atoms with Crippen molar-refractivity contribution in [1.82, 2.24) is 23.9 Å². The highest BCUT2D eigenvalue weighted by atomic mass is 32.2. The van der Waals surface area contributed by atoms with Crippen LogP contribution in [0.25, 0.3) is 5.78 Å². The van der Waals surface area contributed by atoms with E-state index < -0.39 is 22.0 Å². The van der Waals surface area contributed by atoms with Gasteiger partial charge in [0.15, 0.2) is 0 Å². The number of hydrogen-bond acceptors (Lipinski definition) is 7. The first kappa shape index (κ1) is 22.3. The van der Waals surface area contributed by atoms with Crippen LogP contribution < -0.4 is 9.64 Å². The van der Waals surface area contributed by atoms with Crippen molar-refractivity contribution in [2.45, 2.75) is 24.9 Å². The monoisotopic (exact) mass is 470 g/mol. The third-order valence-corrected chi connectivity index (χ3v) is 6.92. The molecule has 0 amide bonds. The SMILES string of the molecule is CCOc1ccc(S(=O)(=O)N2CCN(c3cc(C)nc4nc(C(F)(F)F)nn34)CC2)cc1. The van der Waals surface area contributed by atoms with Gasteiger partial charge in [0.25, 0.3) is 11.6 Å². The van der Waals surface area contributed by atoms with Gasteiger partial charge >= 0.3 is 6.18 Å². The largest absolute Gasteiger partial charge is 0.494 e. The summed E-state index contributed by atoms with van der Waals surface area (Å²) in [6, 6.07) is 7.81. The van der Waals surface area contributed by atoms with Crippen LogP contribution in [0.15, 0.2) is 35.2 Å². The molecular weight excluding hydrogens is 449 g/mol. The number of ether oxygens (including phenoxy) is 1. The quantitative estimate of drug-likeness (QED) is 0.565. The highest BCUT2D eigenvalue weighted by Gasteiger charge is 2.37. The van der Waals surface area contributed by atoms with Crippen molar-refractivity contribution in [1.29, 1.82) is 0 Å². The molecule has 3 aromatic rings. The van der Waals surface area contributed by atoms with Gasteiger partial charge in [-0.1, -0.05) is 0 Å². The molecule has 32 heavy (non-hydrogen) atoms. The summed E-state index contributed by atoms with van der Waals surface area (Å²) in [7, 11) is -3.71. The molecule has 4 rings (SSSR count). The number of alkyl halides is 3. The first-order chi connectivity index (χ1) is 15.1. The standard InChI is InChI=1S/C19H21F3N6O3S/c1-3-31-14-4-6-15(7-5-14)32(29,30)27-10-8-26(9-11-27)16-12-13(2)23-18-24-17(19(20,21)22)25-28(16)18/h4-7,12H,3,8-11H2,1-2H3. The zero-order valence-electron chi connectivity index (χ0n) is 17.4. The molecule has 172 valence electrons. The molecule has 1 fully saturated rings. The molecule has 0 spiro atoms. The Balaban J connectivity index is 1.54. The number of hydrogen-bond donors (Lipinski definition) is 0. The average molecular weight is 470 g/mol. The summed E-state index contributed by atoms with van der Waals surface area (Å²) in [5.41, 5.74) is 0.484. The Labute approximate surface area is 182 Å². The van der Waals surface area contributed by atoms with E-state index in [1.165, 1.54) is 16.4 Å². The Kier molecular flexibility index (Phi) is 5.71. The molecule has 1 saturated heterocycles. The number of anilines is 1. The van der Waals surface area contributed by atoms with Crippen LogP contribution in [0.1, 0.15) is 18.4 Å². The first-order valence-corrected chi connectivity index (χ1v) is 11.3. The molecule has 0 aliphatic carbocycles. The molecule has 9 nitrogen and oxygen atoms in total.